The van der Waals surface area contributed by atoms with E-state index in [1.807, 2.05) is 24.9 Å². The molecule has 2 saturated heterocycles. The van der Waals surface area contributed by atoms with Crippen LogP contribution in [0.15, 0.2) is 6.07 Å². The monoisotopic (exact) mass is 615 g/mol. The van der Waals surface area contributed by atoms with Gasteiger partial charge in [-0.15, -0.1) is 11.8 Å². The molecule has 0 unspecified atom stereocenters. The fourth-order valence-electron chi connectivity index (χ4n) is 7.60. The second kappa shape index (κ2) is 10.7. The molecule has 232 valence electrons. The number of hydrogen-bond acceptors (Lipinski definition) is 13. The van der Waals surface area contributed by atoms with Gasteiger partial charge in [0, 0.05) is 41.0 Å². The second-order valence-electron chi connectivity index (χ2n) is 11.6. The molecule has 13 heteroatoms. The number of piperazine rings is 1. The van der Waals surface area contributed by atoms with E-state index in [0.29, 0.717) is 34.4 Å². The predicted molar refractivity (Wildman–Crippen MR) is 157 cm³/mol. The molecule has 0 saturated carbocycles. The number of phenols is 2. The number of thioether (sulfide) groups is 1. The standard InChI is InChI=1S/C30H37N3O9S/c1-11-7-14-8-16-29(37)33-17-9-41-30(38)15(31)10-43-28(22(33)21(32(16)4)18(14)23(35)25(11)39-5)20-19(17)24(36)27(40-6)12(2)26(20)42-13(3)34/h7,15-17,21-22,28-29,35-37H,8-10,31H2,1-6H3/t15-,16-,17-,21-,22+,28+,29-/m0/s1. The van der Waals surface area contributed by atoms with E-state index in [4.69, 9.17) is 24.7 Å². The van der Waals surface area contributed by atoms with Crippen molar-refractivity contribution in [2.45, 2.75) is 68.9 Å². The number of carbonyl (C=O) groups is 2. The Morgan fingerprint density at radius 3 is 2.42 bits per heavy atom. The third-order valence-electron chi connectivity index (χ3n) is 9.34. The highest BCUT2D eigenvalue weighted by atomic mass is 32.2. The zero-order chi connectivity index (χ0) is 31.1. The molecule has 4 aliphatic heterocycles. The Morgan fingerprint density at radius 1 is 1.09 bits per heavy atom. The molecule has 0 aromatic heterocycles. The van der Waals surface area contributed by atoms with Crippen LogP contribution in [0.25, 0.3) is 0 Å². The molecule has 43 heavy (non-hydrogen) atoms. The number of aliphatic hydroxyl groups excluding tert-OH is 1. The van der Waals surface area contributed by atoms with Gasteiger partial charge in [-0.3, -0.25) is 19.4 Å². The number of aryl methyl sites for hydroxylation is 1. The molecular formula is C30H37N3O9S. The van der Waals surface area contributed by atoms with Gasteiger partial charge in [0.25, 0.3) is 0 Å². The second-order valence-corrected chi connectivity index (χ2v) is 12.8. The average Bonchev–Trinajstić information content (AvgIpc) is 2.95. The van der Waals surface area contributed by atoms with Crippen LogP contribution in [0.1, 0.15) is 57.6 Å². The number of carbonyl (C=O) groups excluding carboxylic acids is 2. The van der Waals surface area contributed by atoms with Gasteiger partial charge in [0.15, 0.2) is 23.0 Å². The first-order valence-electron chi connectivity index (χ1n) is 14.1. The molecule has 0 radical (unpaired) electrons. The number of rotatable bonds is 3. The normalized spacial score (nSPS) is 30.0. The van der Waals surface area contributed by atoms with Gasteiger partial charge in [-0.2, -0.15) is 0 Å². The first-order valence-corrected chi connectivity index (χ1v) is 15.2. The number of fused-ring (bicyclic) bond motifs is 7. The number of likely N-dealkylation sites (N-methyl/N-ethyl adjacent to an activating group) is 1. The third-order valence-corrected chi connectivity index (χ3v) is 10.8. The molecular weight excluding hydrogens is 578 g/mol. The lowest BCUT2D eigenvalue weighted by atomic mass is 9.73. The van der Waals surface area contributed by atoms with Crippen LogP contribution in [-0.2, 0) is 20.7 Å². The zero-order valence-electron chi connectivity index (χ0n) is 24.9. The molecule has 2 aromatic rings. The zero-order valence-corrected chi connectivity index (χ0v) is 25.7. The van der Waals surface area contributed by atoms with Gasteiger partial charge in [0.05, 0.1) is 37.6 Å². The highest BCUT2D eigenvalue weighted by Crippen LogP contribution is 2.63. The summed E-state index contributed by atoms with van der Waals surface area (Å²) in [7, 11) is 4.84. The van der Waals surface area contributed by atoms with Crippen LogP contribution in [0.4, 0.5) is 0 Å². The molecule has 0 amide bonds. The Hall–Kier alpha value is -3.23. The number of nitrogens with zero attached hydrogens (tertiary/aromatic N) is 2. The SMILES string of the molecule is COc1c(C)cc2c(c1O)[C@H]1[C@@H]3[C@@H]4SC[C@H](N)C(=O)OC[C@@H](c5c(O)c(OC)c(C)c(OC(C)=O)c54)N3[C@@H](O)[C@H](C2)N1C. The molecule has 7 atom stereocenters. The van der Waals surface area contributed by atoms with Crippen LogP contribution in [0, 0.1) is 13.8 Å². The maximum Gasteiger partial charge on any atom is 0.323 e. The van der Waals surface area contributed by atoms with Crippen molar-refractivity contribution >= 4 is 23.7 Å². The van der Waals surface area contributed by atoms with Crippen molar-refractivity contribution in [2.75, 3.05) is 33.6 Å². The van der Waals surface area contributed by atoms with Crippen LogP contribution >= 0.6 is 11.8 Å². The Bertz CT molecular complexity index is 1520. The smallest absolute Gasteiger partial charge is 0.323 e. The molecule has 2 fully saturated rings. The van der Waals surface area contributed by atoms with Gasteiger partial charge < -0.3 is 40.0 Å². The van der Waals surface area contributed by atoms with E-state index in [0.717, 1.165) is 11.1 Å². The van der Waals surface area contributed by atoms with Crippen LogP contribution in [0.3, 0.4) is 0 Å². The molecule has 6 rings (SSSR count). The van der Waals surface area contributed by atoms with Crippen molar-refractivity contribution < 1.29 is 43.9 Å². The Kier molecular flexibility index (Phi) is 7.45. The molecule has 0 spiro atoms. The fraction of sp³-hybridized carbons (Fsp3) is 0.533. The van der Waals surface area contributed by atoms with Crippen molar-refractivity contribution in [3.05, 3.63) is 39.4 Å². The number of hydrogen-bond donors (Lipinski definition) is 4. The number of aromatic hydroxyl groups is 2. The van der Waals surface area contributed by atoms with E-state index in [2.05, 4.69) is 4.90 Å². The van der Waals surface area contributed by atoms with E-state index >= 15 is 0 Å². The lowest BCUT2D eigenvalue weighted by molar-refractivity contribution is -0.184. The Morgan fingerprint density at radius 2 is 1.77 bits per heavy atom. The van der Waals surface area contributed by atoms with E-state index in [1.54, 1.807) is 6.92 Å². The number of cyclic esters (lactones) is 1. The number of nitrogens with two attached hydrogens (primary N) is 1. The van der Waals surface area contributed by atoms with Crippen molar-refractivity contribution in [2.24, 2.45) is 5.73 Å². The molecule has 4 bridgehead atoms. The number of esters is 2. The van der Waals surface area contributed by atoms with E-state index in [-0.39, 0.29) is 41.4 Å². The third kappa shape index (κ3) is 4.27. The van der Waals surface area contributed by atoms with Gasteiger partial charge in [-0.1, -0.05) is 6.07 Å². The Balaban J connectivity index is 1.69. The first kappa shape index (κ1) is 29.8. The molecule has 4 aliphatic rings. The molecule has 12 nitrogen and oxygen atoms in total. The quantitative estimate of drug-likeness (QED) is 0.293. The van der Waals surface area contributed by atoms with Gasteiger partial charge in [0.1, 0.15) is 24.6 Å². The van der Waals surface area contributed by atoms with E-state index in [1.165, 1.54) is 32.9 Å². The largest absolute Gasteiger partial charge is 0.504 e. The summed E-state index contributed by atoms with van der Waals surface area (Å²) < 4.78 is 22.7. The maximum absolute atomic E-state index is 12.8. The minimum Gasteiger partial charge on any atom is -0.504 e. The summed E-state index contributed by atoms with van der Waals surface area (Å²) in [6.07, 6.45) is -0.615. The van der Waals surface area contributed by atoms with Crippen molar-refractivity contribution in [1.82, 2.24) is 9.80 Å². The van der Waals surface area contributed by atoms with Crippen LogP contribution < -0.4 is 19.9 Å². The number of benzene rings is 2. The minimum absolute atomic E-state index is 0.0272. The molecule has 4 heterocycles. The highest BCUT2D eigenvalue weighted by Gasteiger charge is 2.60. The summed E-state index contributed by atoms with van der Waals surface area (Å²) in [4.78, 5) is 29.2. The van der Waals surface area contributed by atoms with Crippen molar-refractivity contribution in [3.8, 4) is 28.7 Å². The highest BCUT2D eigenvalue weighted by molar-refractivity contribution is 7.99. The maximum atomic E-state index is 12.8. The summed E-state index contributed by atoms with van der Waals surface area (Å²) in [5.41, 5.74) is 9.92. The fourth-order valence-corrected chi connectivity index (χ4v) is 9.03. The van der Waals surface area contributed by atoms with Crippen LogP contribution in [0.5, 0.6) is 28.7 Å². The van der Waals surface area contributed by atoms with Gasteiger partial charge in [-0.25, -0.2) is 0 Å². The number of ether oxygens (including phenoxy) is 4. The molecule has 5 N–H and O–H groups in total. The number of phenolic OH excluding ortho intramolecular Hbond substituents is 2. The lowest BCUT2D eigenvalue weighted by Gasteiger charge is -2.62. The molecule has 2 aromatic carbocycles. The summed E-state index contributed by atoms with van der Waals surface area (Å²) in [5, 5.41) is 34.9. The van der Waals surface area contributed by atoms with Crippen LogP contribution in [0.2, 0.25) is 0 Å². The van der Waals surface area contributed by atoms with Crippen molar-refractivity contribution in [1.29, 1.82) is 0 Å². The van der Waals surface area contributed by atoms with Gasteiger partial charge >= 0.3 is 11.9 Å². The van der Waals surface area contributed by atoms with Gasteiger partial charge in [0.2, 0.25) is 0 Å². The van der Waals surface area contributed by atoms with E-state index < -0.39 is 47.6 Å². The van der Waals surface area contributed by atoms with Crippen LogP contribution in [-0.4, -0.2) is 95.0 Å². The minimum atomic E-state index is -1.05. The molecule has 0 aliphatic carbocycles. The Labute approximate surface area is 253 Å². The summed E-state index contributed by atoms with van der Waals surface area (Å²) >= 11 is 1.35. The van der Waals surface area contributed by atoms with Crippen molar-refractivity contribution in [3.63, 3.8) is 0 Å². The number of aliphatic hydroxyl groups is 1. The summed E-state index contributed by atoms with van der Waals surface area (Å²) in [6, 6.07) is -1.22. The average molecular weight is 616 g/mol. The van der Waals surface area contributed by atoms with E-state index in [9.17, 15) is 24.9 Å². The number of methoxy groups -OCH3 is 2. The lowest BCUT2D eigenvalue weighted by Crippen LogP contribution is -2.69. The predicted octanol–water partition coefficient (Wildman–Crippen LogP) is 1.97. The topological polar surface area (TPSA) is 164 Å². The first-order chi connectivity index (χ1) is 20.4. The summed E-state index contributed by atoms with van der Waals surface area (Å²) in [5.74, 6) is -0.431. The van der Waals surface area contributed by atoms with Gasteiger partial charge in [-0.05, 0) is 38.4 Å². The summed E-state index contributed by atoms with van der Waals surface area (Å²) in [6.45, 7) is 4.63.